The molecule has 7 heteroatoms. The third-order valence-electron chi connectivity index (χ3n) is 4.21. The van der Waals surface area contributed by atoms with Crippen LogP contribution < -0.4 is 16.4 Å². The van der Waals surface area contributed by atoms with E-state index >= 15 is 0 Å². The van der Waals surface area contributed by atoms with Gasteiger partial charge in [0, 0.05) is 36.6 Å². The Labute approximate surface area is 179 Å². The lowest BCUT2D eigenvalue weighted by atomic mass is 10.1. The van der Waals surface area contributed by atoms with Crippen LogP contribution in [0.2, 0.25) is 0 Å². The quantitative estimate of drug-likeness (QED) is 0.372. The minimum Gasteiger partial charge on any atom is -0.405 e. The van der Waals surface area contributed by atoms with E-state index in [1.54, 1.807) is 10.7 Å². The Morgan fingerprint density at radius 2 is 2.00 bits per heavy atom. The lowest BCUT2D eigenvalue weighted by Gasteiger charge is -2.13. The van der Waals surface area contributed by atoms with Gasteiger partial charge in [-0.1, -0.05) is 34.1 Å². The van der Waals surface area contributed by atoms with Gasteiger partial charge < -0.3 is 16.4 Å². The van der Waals surface area contributed by atoms with Crippen LogP contribution in [0.3, 0.4) is 0 Å². The Morgan fingerprint density at radius 1 is 1.24 bits per heavy atom. The highest BCUT2D eigenvalue weighted by molar-refractivity contribution is 9.08. The zero-order valence-corrected chi connectivity index (χ0v) is 18.4. The maximum atomic E-state index is 12.8. The average molecular weight is 456 g/mol. The van der Waals surface area contributed by atoms with Gasteiger partial charge in [-0.05, 0) is 60.9 Å². The maximum Gasteiger partial charge on any atom is 0.257 e. The van der Waals surface area contributed by atoms with Crippen molar-refractivity contribution in [1.29, 1.82) is 0 Å². The van der Waals surface area contributed by atoms with Crippen LogP contribution in [0.1, 0.15) is 17.3 Å². The molecular weight excluding hydrogens is 430 g/mol. The molecule has 0 fully saturated rings. The standard InChI is InChI=1S/C21H23N5O.CH3Br/c1-3-15(10-11-22)13-23-20-7-5-4-6-18(20)21(27)24-17-8-9-19-16(12-17)14-26(2)25-19;1-2/h3-12,14,23H,13,22H2,1-2H3,(H,24,27);1H3/b11-10-,15-3+;. The molecule has 4 N–H and O–H groups in total. The number of amides is 1. The first-order valence-corrected chi connectivity index (χ1v) is 10.7. The summed E-state index contributed by atoms with van der Waals surface area (Å²) in [5.74, 6) is 1.64. The van der Waals surface area contributed by atoms with Gasteiger partial charge in [0.25, 0.3) is 5.91 Å². The van der Waals surface area contributed by atoms with Crippen molar-refractivity contribution in [1.82, 2.24) is 9.78 Å². The van der Waals surface area contributed by atoms with Crippen molar-refractivity contribution in [3.05, 3.63) is 78.1 Å². The van der Waals surface area contributed by atoms with Gasteiger partial charge in [0.05, 0.1) is 11.1 Å². The molecule has 1 amide bonds. The summed E-state index contributed by atoms with van der Waals surface area (Å²) in [5, 5.41) is 11.6. The van der Waals surface area contributed by atoms with Crippen molar-refractivity contribution < 1.29 is 4.79 Å². The number of aromatic nitrogens is 2. The van der Waals surface area contributed by atoms with Crippen LogP contribution in [-0.4, -0.2) is 28.1 Å². The van der Waals surface area contributed by atoms with E-state index in [1.807, 2.05) is 74.6 Å². The molecule has 0 aliphatic rings. The predicted octanol–water partition coefficient (Wildman–Crippen LogP) is 4.67. The number of aryl methyl sites for hydroxylation is 1. The Bertz CT molecular complexity index is 1020. The number of para-hydroxylation sites is 1. The molecular formula is C22H26BrN5O. The van der Waals surface area contributed by atoms with Crippen LogP contribution in [0.5, 0.6) is 0 Å². The summed E-state index contributed by atoms with van der Waals surface area (Å²) in [6.07, 6.45) is 7.23. The third kappa shape index (κ3) is 5.96. The molecule has 0 atom stereocenters. The number of fused-ring (bicyclic) bond motifs is 1. The van der Waals surface area contributed by atoms with Gasteiger partial charge in [0.1, 0.15) is 0 Å². The number of nitrogens with one attached hydrogen (secondary N) is 2. The summed E-state index contributed by atoms with van der Waals surface area (Å²) in [6, 6.07) is 13.1. The molecule has 3 aromatic rings. The summed E-state index contributed by atoms with van der Waals surface area (Å²) >= 11 is 2.94. The molecule has 6 nitrogen and oxygen atoms in total. The number of halogens is 1. The minimum absolute atomic E-state index is 0.169. The number of nitrogens with two attached hydrogens (primary N) is 1. The molecule has 0 aliphatic heterocycles. The van der Waals surface area contributed by atoms with Crippen molar-refractivity contribution >= 4 is 44.1 Å². The number of benzene rings is 2. The molecule has 0 aliphatic carbocycles. The van der Waals surface area contributed by atoms with Crippen LogP contribution >= 0.6 is 15.9 Å². The van der Waals surface area contributed by atoms with Gasteiger partial charge in [0.2, 0.25) is 0 Å². The first-order chi connectivity index (χ1) is 14.1. The van der Waals surface area contributed by atoms with Crippen molar-refractivity contribution in [2.24, 2.45) is 12.8 Å². The van der Waals surface area contributed by atoms with E-state index in [4.69, 9.17) is 5.73 Å². The zero-order valence-electron chi connectivity index (χ0n) is 16.8. The lowest BCUT2D eigenvalue weighted by Crippen LogP contribution is -2.15. The number of allylic oxidation sites excluding steroid dienone is 1. The summed E-state index contributed by atoms with van der Waals surface area (Å²) in [5.41, 5.74) is 9.47. The molecule has 1 heterocycles. The van der Waals surface area contributed by atoms with Crippen molar-refractivity contribution in [3.8, 4) is 0 Å². The summed E-state index contributed by atoms with van der Waals surface area (Å²) in [6.45, 7) is 2.53. The second-order valence-corrected chi connectivity index (χ2v) is 6.15. The van der Waals surface area contributed by atoms with Gasteiger partial charge in [-0.15, -0.1) is 0 Å². The Balaban J connectivity index is 0.00000145. The second kappa shape index (κ2) is 11.1. The van der Waals surface area contributed by atoms with E-state index in [0.717, 1.165) is 27.9 Å². The van der Waals surface area contributed by atoms with Crippen molar-refractivity contribution in [3.63, 3.8) is 0 Å². The molecule has 152 valence electrons. The minimum atomic E-state index is -0.169. The predicted molar refractivity (Wildman–Crippen MR) is 126 cm³/mol. The van der Waals surface area contributed by atoms with E-state index in [2.05, 4.69) is 31.7 Å². The van der Waals surface area contributed by atoms with E-state index < -0.39 is 0 Å². The molecule has 1 aromatic heterocycles. The van der Waals surface area contributed by atoms with Crippen molar-refractivity contribution in [2.75, 3.05) is 23.0 Å². The number of alkyl halides is 1. The third-order valence-corrected chi connectivity index (χ3v) is 4.21. The van der Waals surface area contributed by atoms with Crippen LogP contribution in [0.15, 0.2) is 72.6 Å². The highest BCUT2D eigenvalue weighted by atomic mass is 79.9. The fraction of sp³-hybridized carbons (Fsp3) is 0.182. The number of hydrogen-bond acceptors (Lipinski definition) is 4. The maximum absolute atomic E-state index is 12.8. The van der Waals surface area contributed by atoms with Crippen LogP contribution in [0.25, 0.3) is 10.9 Å². The molecule has 0 spiro atoms. The molecule has 3 rings (SSSR count). The average Bonchev–Trinajstić information content (AvgIpc) is 3.12. The topological polar surface area (TPSA) is 85.0 Å². The lowest BCUT2D eigenvalue weighted by molar-refractivity contribution is 0.102. The molecule has 2 aromatic carbocycles. The van der Waals surface area contributed by atoms with Gasteiger partial charge in [0.15, 0.2) is 0 Å². The molecule has 0 saturated carbocycles. The van der Waals surface area contributed by atoms with E-state index in [9.17, 15) is 4.79 Å². The van der Waals surface area contributed by atoms with Gasteiger partial charge in [-0.2, -0.15) is 5.10 Å². The fourth-order valence-corrected chi connectivity index (χ4v) is 2.84. The number of carbonyl (C=O) groups is 1. The van der Waals surface area contributed by atoms with Crippen LogP contribution in [0, 0.1) is 0 Å². The first kappa shape index (κ1) is 22.2. The Kier molecular flexibility index (Phi) is 8.48. The van der Waals surface area contributed by atoms with Gasteiger partial charge in [-0.3, -0.25) is 9.48 Å². The number of rotatable bonds is 6. The second-order valence-electron chi connectivity index (χ2n) is 6.15. The summed E-state index contributed by atoms with van der Waals surface area (Å²) in [4.78, 5) is 12.8. The smallest absolute Gasteiger partial charge is 0.257 e. The summed E-state index contributed by atoms with van der Waals surface area (Å²) in [7, 11) is 1.87. The molecule has 0 unspecified atom stereocenters. The monoisotopic (exact) mass is 455 g/mol. The Hall–Kier alpha value is -3.06. The highest BCUT2D eigenvalue weighted by Crippen LogP contribution is 2.21. The fourth-order valence-electron chi connectivity index (χ4n) is 2.84. The van der Waals surface area contributed by atoms with Crippen molar-refractivity contribution in [2.45, 2.75) is 6.92 Å². The number of nitrogens with zero attached hydrogens (tertiary/aromatic N) is 2. The van der Waals surface area contributed by atoms with E-state index in [0.29, 0.717) is 12.1 Å². The number of carbonyl (C=O) groups excluding carboxylic acids is 1. The number of anilines is 2. The molecule has 29 heavy (non-hydrogen) atoms. The Morgan fingerprint density at radius 3 is 2.72 bits per heavy atom. The summed E-state index contributed by atoms with van der Waals surface area (Å²) < 4.78 is 1.75. The van der Waals surface area contributed by atoms with E-state index in [-0.39, 0.29) is 5.91 Å². The SMILES string of the molecule is C/C=C(\C=C/N)CNc1ccccc1C(=O)Nc1ccc2nn(C)cc2c1.CBr. The molecule has 0 radical (unpaired) electrons. The molecule has 0 saturated heterocycles. The normalized spacial score (nSPS) is 11.2. The van der Waals surface area contributed by atoms with Crippen LogP contribution in [0.4, 0.5) is 11.4 Å². The van der Waals surface area contributed by atoms with Gasteiger partial charge >= 0.3 is 0 Å². The van der Waals surface area contributed by atoms with Crippen LogP contribution in [-0.2, 0) is 7.05 Å². The first-order valence-electron chi connectivity index (χ1n) is 9.09. The largest absolute Gasteiger partial charge is 0.405 e. The van der Waals surface area contributed by atoms with E-state index in [1.165, 1.54) is 6.20 Å². The van der Waals surface area contributed by atoms with Gasteiger partial charge in [-0.25, -0.2) is 0 Å². The molecule has 0 bridgehead atoms. The zero-order chi connectivity index (χ0) is 21.2. The number of hydrogen-bond donors (Lipinski definition) is 3. The highest BCUT2D eigenvalue weighted by Gasteiger charge is 2.12.